The van der Waals surface area contributed by atoms with E-state index in [1.807, 2.05) is 23.7 Å². The van der Waals surface area contributed by atoms with Gasteiger partial charge in [0.2, 0.25) is 0 Å². The summed E-state index contributed by atoms with van der Waals surface area (Å²) in [6.45, 7) is 4.37. The van der Waals surface area contributed by atoms with Crippen LogP contribution < -0.4 is 11.1 Å². The van der Waals surface area contributed by atoms with E-state index in [-0.39, 0.29) is 0 Å². The largest absolute Gasteiger partial charge is 0.382 e. The van der Waals surface area contributed by atoms with Crippen molar-refractivity contribution >= 4 is 39.3 Å². The lowest BCUT2D eigenvalue weighted by Gasteiger charge is -2.07. The fraction of sp³-hybridized carbons (Fsp3) is 0.158. The van der Waals surface area contributed by atoms with E-state index in [2.05, 4.69) is 58.4 Å². The zero-order chi connectivity index (χ0) is 18.1. The number of aromatic amines is 1. The zero-order valence-corrected chi connectivity index (χ0v) is 16.1. The van der Waals surface area contributed by atoms with Gasteiger partial charge in [0.15, 0.2) is 5.13 Å². The Morgan fingerprint density at radius 1 is 1.12 bits per heavy atom. The average molecular weight is 382 g/mol. The lowest BCUT2D eigenvalue weighted by molar-refractivity contribution is 0.867. The number of hydrogen-bond donors (Lipinski definition) is 3. The molecule has 3 aromatic heterocycles. The van der Waals surface area contributed by atoms with Crippen molar-refractivity contribution in [2.24, 2.45) is 0 Å². The van der Waals surface area contributed by atoms with E-state index in [0.717, 1.165) is 32.1 Å². The van der Waals surface area contributed by atoms with Gasteiger partial charge in [0.25, 0.3) is 0 Å². The molecule has 4 aromatic rings. The van der Waals surface area contributed by atoms with Crippen LogP contribution >= 0.6 is 22.7 Å². The van der Waals surface area contributed by atoms with Gasteiger partial charge in [0, 0.05) is 17.3 Å². The van der Waals surface area contributed by atoms with Gasteiger partial charge in [-0.15, -0.1) is 11.3 Å². The molecule has 0 bridgehead atoms. The van der Waals surface area contributed by atoms with E-state index in [4.69, 9.17) is 5.73 Å². The van der Waals surface area contributed by atoms with Crippen molar-refractivity contribution in [2.45, 2.75) is 19.8 Å². The van der Waals surface area contributed by atoms with Gasteiger partial charge in [0.05, 0.1) is 11.4 Å². The molecule has 0 aliphatic heterocycles. The van der Waals surface area contributed by atoms with Crippen LogP contribution in [0.1, 0.15) is 25.3 Å². The van der Waals surface area contributed by atoms with Crippen LogP contribution in [0.15, 0.2) is 48.0 Å². The molecule has 4 N–H and O–H groups in total. The summed E-state index contributed by atoms with van der Waals surface area (Å²) in [6, 6.07) is 12.4. The smallest absolute Gasteiger partial charge is 0.189 e. The van der Waals surface area contributed by atoms with Crippen LogP contribution in [0.2, 0.25) is 0 Å². The van der Waals surface area contributed by atoms with Crippen LogP contribution in [0.4, 0.5) is 16.6 Å². The Morgan fingerprint density at radius 2 is 1.92 bits per heavy atom. The molecule has 132 valence electrons. The fourth-order valence-corrected chi connectivity index (χ4v) is 4.43. The van der Waals surface area contributed by atoms with Crippen LogP contribution in [-0.4, -0.2) is 15.0 Å². The topological polar surface area (TPSA) is 79.6 Å². The summed E-state index contributed by atoms with van der Waals surface area (Å²) in [7, 11) is 0. The Morgan fingerprint density at radius 3 is 2.62 bits per heavy atom. The van der Waals surface area contributed by atoms with Gasteiger partial charge >= 0.3 is 0 Å². The summed E-state index contributed by atoms with van der Waals surface area (Å²) < 4.78 is 0. The van der Waals surface area contributed by atoms with Crippen molar-refractivity contribution in [2.75, 3.05) is 11.1 Å². The maximum atomic E-state index is 6.14. The number of aromatic nitrogens is 3. The number of benzene rings is 1. The molecule has 7 heteroatoms. The third kappa shape index (κ3) is 3.36. The van der Waals surface area contributed by atoms with Gasteiger partial charge in [-0.2, -0.15) is 0 Å². The molecular formula is C19H19N5S2. The van der Waals surface area contributed by atoms with Gasteiger partial charge in [0.1, 0.15) is 15.7 Å². The maximum absolute atomic E-state index is 6.14. The highest BCUT2D eigenvalue weighted by atomic mass is 32.1. The first-order valence-electron chi connectivity index (χ1n) is 8.33. The molecule has 0 saturated heterocycles. The number of hydrogen-bond acceptors (Lipinski definition) is 6. The van der Waals surface area contributed by atoms with Gasteiger partial charge in [-0.1, -0.05) is 37.3 Å². The first-order chi connectivity index (χ1) is 12.6. The fourth-order valence-electron chi connectivity index (χ4n) is 2.60. The Labute approximate surface area is 160 Å². The number of anilines is 3. The number of rotatable bonds is 5. The van der Waals surface area contributed by atoms with Crippen LogP contribution in [0.25, 0.3) is 21.3 Å². The van der Waals surface area contributed by atoms with E-state index in [1.54, 1.807) is 11.3 Å². The van der Waals surface area contributed by atoms with Gasteiger partial charge < -0.3 is 16.0 Å². The number of nitrogens with zero attached hydrogens (tertiary/aromatic N) is 2. The molecule has 0 fully saturated rings. The summed E-state index contributed by atoms with van der Waals surface area (Å²) in [5.41, 5.74) is 10.4. The maximum Gasteiger partial charge on any atom is 0.189 e. The Hall–Kier alpha value is -2.64. The standard InChI is InChI=1S/C19H19N5S2/c1-11(2)12-5-7-13(8-6-12)22-19-24-17(20)16(26-19)18-23-15(10-25-18)14-4-3-9-21-14/h3-11,21H,20H2,1-2H3,(H,22,24). The van der Waals surface area contributed by atoms with Gasteiger partial charge in [-0.25, -0.2) is 9.97 Å². The minimum Gasteiger partial charge on any atom is -0.382 e. The third-order valence-corrected chi connectivity index (χ3v) is 6.04. The van der Waals surface area contributed by atoms with Gasteiger partial charge in [-0.05, 0) is 35.7 Å². The normalized spacial score (nSPS) is 11.2. The summed E-state index contributed by atoms with van der Waals surface area (Å²) in [6.07, 6.45) is 1.89. The molecular weight excluding hydrogens is 362 g/mol. The molecule has 4 rings (SSSR count). The molecule has 0 saturated carbocycles. The lowest BCUT2D eigenvalue weighted by atomic mass is 10.0. The van der Waals surface area contributed by atoms with Crippen molar-refractivity contribution in [3.05, 3.63) is 53.5 Å². The van der Waals surface area contributed by atoms with Crippen molar-refractivity contribution in [1.29, 1.82) is 0 Å². The zero-order valence-electron chi connectivity index (χ0n) is 14.5. The molecule has 0 unspecified atom stereocenters. The Balaban J connectivity index is 1.56. The van der Waals surface area contributed by atoms with Crippen molar-refractivity contribution in [3.63, 3.8) is 0 Å². The predicted octanol–water partition coefficient (Wildman–Crippen LogP) is 5.71. The van der Waals surface area contributed by atoms with E-state index in [9.17, 15) is 0 Å². The molecule has 1 aromatic carbocycles. The minimum atomic E-state index is 0.503. The van der Waals surface area contributed by atoms with Crippen LogP contribution in [0, 0.1) is 0 Å². The minimum absolute atomic E-state index is 0.503. The molecule has 26 heavy (non-hydrogen) atoms. The van der Waals surface area contributed by atoms with Crippen LogP contribution in [0.5, 0.6) is 0 Å². The third-order valence-electron chi connectivity index (χ3n) is 4.05. The second-order valence-corrected chi connectivity index (χ2v) is 8.11. The molecule has 3 heterocycles. The number of nitrogens with two attached hydrogens (primary N) is 1. The molecule has 0 atom stereocenters. The highest BCUT2D eigenvalue weighted by molar-refractivity contribution is 7.23. The second kappa shape index (κ2) is 6.93. The highest BCUT2D eigenvalue weighted by Gasteiger charge is 2.15. The molecule has 0 radical (unpaired) electrons. The van der Waals surface area contributed by atoms with Crippen molar-refractivity contribution in [1.82, 2.24) is 15.0 Å². The number of nitrogens with one attached hydrogen (secondary N) is 2. The first-order valence-corrected chi connectivity index (χ1v) is 10.0. The molecule has 0 amide bonds. The van der Waals surface area contributed by atoms with Crippen LogP contribution in [0.3, 0.4) is 0 Å². The summed E-state index contributed by atoms with van der Waals surface area (Å²) in [5.74, 6) is 1.02. The predicted molar refractivity (Wildman–Crippen MR) is 111 cm³/mol. The van der Waals surface area contributed by atoms with Crippen molar-refractivity contribution < 1.29 is 0 Å². The van der Waals surface area contributed by atoms with E-state index < -0.39 is 0 Å². The second-order valence-electron chi connectivity index (χ2n) is 6.26. The van der Waals surface area contributed by atoms with E-state index >= 15 is 0 Å². The first kappa shape index (κ1) is 16.8. The van der Waals surface area contributed by atoms with Gasteiger partial charge in [-0.3, -0.25) is 0 Å². The monoisotopic (exact) mass is 381 g/mol. The number of nitrogen functional groups attached to an aromatic ring is 1. The Kier molecular flexibility index (Phi) is 4.48. The highest BCUT2D eigenvalue weighted by Crippen LogP contribution is 2.38. The summed E-state index contributed by atoms with van der Waals surface area (Å²) in [4.78, 5) is 13.2. The number of thiazole rings is 2. The SMILES string of the molecule is CC(C)c1ccc(Nc2nc(N)c(-c3nc(-c4ccc[nH]4)cs3)s2)cc1. The van der Waals surface area contributed by atoms with E-state index in [0.29, 0.717) is 11.7 Å². The Bertz CT molecular complexity index is 997. The molecule has 0 aliphatic rings. The average Bonchev–Trinajstić information content (AvgIpc) is 3.35. The molecule has 0 spiro atoms. The van der Waals surface area contributed by atoms with Crippen molar-refractivity contribution in [3.8, 4) is 21.3 Å². The van der Waals surface area contributed by atoms with E-state index in [1.165, 1.54) is 16.9 Å². The van der Waals surface area contributed by atoms with Crippen LogP contribution in [-0.2, 0) is 0 Å². The lowest BCUT2D eigenvalue weighted by Crippen LogP contribution is -1.92. The summed E-state index contributed by atoms with van der Waals surface area (Å²) >= 11 is 3.09. The molecule has 5 nitrogen and oxygen atoms in total. The quantitative estimate of drug-likeness (QED) is 0.413. The molecule has 0 aliphatic carbocycles. The number of H-pyrrole nitrogens is 1. The summed E-state index contributed by atoms with van der Waals surface area (Å²) in [5, 5.41) is 7.01.